The quantitative estimate of drug-likeness (QED) is 0.754. The summed E-state index contributed by atoms with van der Waals surface area (Å²) in [7, 11) is 1.91. The number of aromatic nitrogens is 3. The third kappa shape index (κ3) is 6.54. The standard InChI is InChI=1S/C18H27N5O2/c1-18(2,3)25-17(24)21-10-6-9-20-12-15-13-23(4)22-16(15)14-7-5-8-19-11-14/h5,7-8,11,13,20H,6,9-10,12H2,1-4H3,(H,21,24). The number of nitrogens with one attached hydrogen (secondary N) is 2. The molecule has 0 aliphatic carbocycles. The van der Waals surface area contributed by atoms with E-state index in [1.54, 1.807) is 6.20 Å². The van der Waals surface area contributed by atoms with E-state index >= 15 is 0 Å². The van der Waals surface area contributed by atoms with Crippen molar-refractivity contribution in [2.24, 2.45) is 7.05 Å². The fourth-order valence-corrected chi connectivity index (χ4v) is 2.35. The maximum atomic E-state index is 11.5. The van der Waals surface area contributed by atoms with Gasteiger partial charge in [-0.1, -0.05) is 0 Å². The Morgan fingerprint density at radius 2 is 2.12 bits per heavy atom. The minimum absolute atomic E-state index is 0.376. The lowest BCUT2D eigenvalue weighted by atomic mass is 10.1. The van der Waals surface area contributed by atoms with E-state index in [1.807, 2.05) is 57.0 Å². The summed E-state index contributed by atoms with van der Waals surface area (Å²) in [6.07, 6.45) is 6.02. The van der Waals surface area contributed by atoms with Crippen LogP contribution < -0.4 is 10.6 Å². The van der Waals surface area contributed by atoms with E-state index in [1.165, 1.54) is 0 Å². The van der Waals surface area contributed by atoms with Gasteiger partial charge in [0.2, 0.25) is 0 Å². The molecule has 136 valence electrons. The number of alkyl carbamates (subject to hydrolysis) is 1. The first-order chi connectivity index (χ1) is 11.8. The molecule has 0 fully saturated rings. The number of rotatable bonds is 7. The molecule has 0 aliphatic rings. The number of pyridine rings is 1. The Morgan fingerprint density at radius 3 is 2.80 bits per heavy atom. The highest BCUT2D eigenvalue weighted by molar-refractivity contribution is 5.67. The molecular formula is C18H27N5O2. The Bertz CT molecular complexity index is 677. The van der Waals surface area contributed by atoms with Gasteiger partial charge in [-0.15, -0.1) is 0 Å². The SMILES string of the molecule is Cn1cc(CNCCCNC(=O)OC(C)(C)C)c(-c2cccnc2)n1. The van der Waals surface area contributed by atoms with Crippen LogP contribution in [0.25, 0.3) is 11.3 Å². The summed E-state index contributed by atoms with van der Waals surface area (Å²) < 4.78 is 7.00. The number of hydrogen-bond acceptors (Lipinski definition) is 5. The Balaban J connectivity index is 1.73. The smallest absolute Gasteiger partial charge is 0.407 e. The fourth-order valence-electron chi connectivity index (χ4n) is 2.35. The van der Waals surface area contributed by atoms with E-state index in [9.17, 15) is 4.79 Å². The van der Waals surface area contributed by atoms with E-state index in [4.69, 9.17) is 4.74 Å². The monoisotopic (exact) mass is 345 g/mol. The van der Waals surface area contributed by atoms with Crippen molar-refractivity contribution in [3.05, 3.63) is 36.3 Å². The average Bonchev–Trinajstić information content (AvgIpc) is 2.91. The molecule has 2 N–H and O–H groups in total. The fraction of sp³-hybridized carbons (Fsp3) is 0.500. The van der Waals surface area contributed by atoms with Crippen molar-refractivity contribution in [2.45, 2.75) is 39.3 Å². The molecule has 7 nitrogen and oxygen atoms in total. The molecule has 2 heterocycles. The number of aryl methyl sites for hydroxylation is 1. The largest absolute Gasteiger partial charge is 0.444 e. The zero-order valence-electron chi connectivity index (χ0n) is 15.4. The van der Waals surface area contributed by atoms with Gasteiger partial charge < -0.3 is 15.4 Å². The first kappa shape index (κ1) is 18.9. The summed E-state index contributed by atoms with van der Waals surface area (Å²) in [5, 5.41) is 10.7. The van der Waals surface area contributed by atoms with Crippen molar-refractivity contribution in [1.82, 2.24) is 25.4 Å². The van der Waals surface area contributed by atoms with Crippen LogP contribution in [0, 0.1) is 0 Å². The number of carbonyl (C=O) groups is 1. The van der Waals surface area contributed by atoms with Crippen LogP contribution in [0.15, 0.2) is 30.7 Å². The molecule has 0 saturated heterocycles. The van der Waals surface area contributed by atoms with E-state index < -0.39 is 5.60 Å². The lowest BCUT2D eigenvalue weighted by molar-refractivity contribution is 0.0527. The van der Waals surface area contributed by atoms with Gasteiger partial charge in [0, 0.05) is 49.9 Å². The molecule has 0 radical (unpaired) electrons. The highest BCUT2D eigenvalue weighted by atomic mass is 16.6. The molecule has 0 spiro atoms. The zero-order chi connectivity index (χ0) is 18.3. The third-order valence-electron chi connectivity index (χ3n) is 3.35. The number of nitrogens with zero attached hydrogens (tertiary/aromatic N) is 3. The summed E-state index contributed by atoms with van der Waals surface area (Å²) in [4.78, 5) is 15.7. The second-order valence-electron chi connectivity index (χ2n) is 6.88. The van der Waals surface area contributed by atoms with Crippen LogP contribution in [0.4, 0.5) is 4.79 Å². The van der Waals surface area contributed by atoms with Gasteiger partial charge in [0.05, 0.1) is 5.69 Å². The molecule has 0 unspecified atom stereocenters. The van der Waals surface area contributed by atoms with Crippen molar-refractivity contribution in [2.75, 3.05) is 13.1 Å². The molecule has 2 rings (SSSR count). The molecule has 0 aromatic carbocycles. The predicted molar refractivity (Wildman–Crippen MR) is 97.0 cm³/mol. The van der Waals surface area contributed by atoms with Crippen molar-refractivity contribution in [3.8, 4) is 11.3 Å². The first-order valence-corrected chi connectivity index (χ1v) is 8.45. The molecular weight excluding hydrogens is 318 g/mol. The lowest BCUT2D eigenvalue weighted by Crippen LogP contribution is -2.33. The van der Waals surface area contributed by atoms with Crippen molar-refractivity contribution in [1.29, 1.82) is 0 Å². The summed E-state index contributed by atoms with van der Waals surface area (Å²) in [6.45, 7) is 7.62. The first-order valence-electron chi connectivity index (χ1n) is 8.45. The molecule has 0 atom stereocenters. The van der Waals surface area contributed by atoms with Gasteiger partial charge in [-0.25, -0.2) is 4.79 Å². The normalized spacial score (nSPS) is 11.4. The van der Waals surface area contributed by atoms with Gasteiger partial charge in [-0.05, 0) is 45.9 Å². The summed E-state index contributed by atoms with van der Waals surface area (Å²) in [5.74, 6) is 0. The Kier molecular flexibility index (Phi) is 6.52. The maximum Gasteiger partial charge on any atom is 0.407 e. The highest BCUT2D eigenvalue weighted by Gasteiger charge is 2.15. The van der Waals surface area contributed by atoms with Crippen LogP contribution in [-0.2, 0) is 18.3 Å². The molecule has 0 saturated carbocycles. The number of carbonyl (C=O) groups excluding carboxylic acids is 1. The Hall–Kier alpha value is -2.41. The average molecular weight is 345 g/mol. The van der Waals surface area contributed by atoms with Gasteiger partial charge in [0.25, 0.3) is 0 Å². The van der Waals surface area contributed by atoms with Gasteiger partial charge >= 0.3 is 6.09 Å². The number of hydrogen-bond donors (Lipinski definition) is 2. The zero-order valence-corrected chi connectivity index (χ0v) is 15.4. The molecule has 2 aromatic heterocycles. The lowest BCUT2D eigenvalue weighted by Gasteiger charge is -2.19. The molecule has 0 aliphatic heterocycles. The van der Waals surface area contributed by atoms with E-state index in [0.717, 1.165) is 29.8 Å². The van der Waals surface area contributed by atoms with Crippen LogP contribution >= 0.6 is 0 Å². The van der Waals surface area contributed by atoms with E-state index in [-0.39, 0.29) is 6.09 Å². The Labute approximate surface area is 148 Å². The second-order valence-corrected chi connectivity index (χ2v) is 6.88. The predicted octanol–water partition coefficient (Wildman–Crippen LogP) is 2.49. The van der Waals surface area contributed by atoms with Crippen molar-refractivity contribution in [3.63, 3.8) is 0 Å². The van der Waals surface area contributed by atoms with Crippen LogP contribution in [0.1, 0.15) is 32.8 Å². The van der Waals surface area contributed by atoms with Crippen molar-refractivity contribution >= 4 is 6.09 Å². The summed E-state index contributed by atoms with van der Waals surface area (Å²) in [5.41, 5.74) is 2.60. The van der Waals surface area contributed by atoms with Crippen LogP contribution in [0.5, 0.6) is 0 Å². The second kappa shape index (κ2) is 8.62. The third-order valence-corrected chi connectivity index (χ3v) is 3.35. The van der Waals surface area contributed by atoms with Crippen LogP contribution in [-0.4, -0.2) is 39.5 Å². The van der Waals surface area contributed by atoms with Crippen LogP contribution in [0.2, 0.25) is 0 Å². The van der Waals surface area contributed by atoms with Gasteiger partial charge in [0.15, 0.2) is 0 Å². The minimum atomic E-state index is -0.467. The molecule has 25 heavy (non-hydrogen) atoms. The van der Waals surface area contributed by atoms with E-state index in [0.29, 0.717) is 13.1 Å². The van der Waals surface area contributed by atoms with Crippen LogP contribution in [0.3, 0.4) is 0 Å². The number of amides is 1. The molecule has 2 aromatic rings. The summed E-state index contributed by atoms with van der Waals surface area (Å²) >= 11 is 0. The molecule has 1 amide bonds. The van der Waals surface area contributed by atoms with Gasteiger partial charge in [0.1, 0.15) is 5.60 Å². The number of ether oxygens (including phenoxy) is 1. The van der Waals surface area contributed by atoms with Gasteiger partial charge in [-0.2, -0.15) is 5.10 Å². The van der Waals surface area contributed by atoms with E-state index in [2.05, 4.69) is 20.7 Å². The Morgan fingerprint density at radius 1 is 1.32 bits per heavy atom. The molecule has 0 bridgehead atoms. The van der Waals surface area contributed by atoms with Gasteiger partial charge in [-0.3, -0.25) is 9.67 Å². The molecule has 7 heteroatoms. The highest BCUT2D eigenvalue weighted by Crippen LogP contribution is 2.20. The topological polar surface area (TPSA) is 81.1 Å². The van der Waals surface area contributed by atoms with Crippen molar-refractivity contribution < 1.29 is 9.53 Å². The maximum absolute atomic E-state index is 11.5. The summed E-state index contributed by atoms with van der Waals surface area (Å²) in [6, 6.07) is 3.91. The minimum Gasteiger partial charge on any atom is -0.444 e.